The lowest BCUT2D eigenvalue weighted by atomic mass is 9.77. The van der Waals surface area contributed by atoms with Crippen molar-refractivity contribution in [2.45, 2.75) is 31.8 Å². The van der Waals surface area contributed by atoms with E-state index in [0.717, 1.165) is 16.7 Å². The molecule has 1 aliphatic heterocycles. The number of hydrogen-bond acceptors (Lipinski definition) is 7. The van der Waals surface area contributed by atoms with Crippen LogP contribution in [0.25, 0.3) is 22.9 Å². The molecule has 0 bridgehead atoms. The number of carboxylic acid groups (broad SMARTS) is 1. The summed E-state index contributed by atoms with van der Waals surface area (Å²) < 4.78 is 16.6. The van der Waals surface area contributed by atoms with Crippen LogP contribution in [0.3, 0.4) is 0 Å². The van der Waals surface area contributed by atoms with E-state index in [9.17, 15) is 24.3 Å². The number of rotatable bonds is 8. The minimum Gasteiger partial charge on any atom is -0.478 e. The molecule has 12 nitrogen and oxygen atoms in total. The minimum atomic E-state index is -1.17. The molecule has 0 saturated heterocycles. The standard InChI is InChI=1S/C37H31ClFN7O5/c1-37(2)19-28-25(21-7-9-22(10-8-21)34(48)40-3)5-4-6-26(28)33(35(49)42-24-13-11-23(12-14-24)36(50)51)46(37)31(47)18-15-27-30(45-20-41-43-44-45)17-16-29(38)32(27)39/h4-18,20,33H,19H2,1-3H3,(H,40,48)(H,42,49)(H,50,51)/b18-15+. The number of benzene rings is 4. The molecule has 3 amide bonds. The summed E-state index contributed by atoms with van der Waals surface area (Å²) >= 11 is 6.11. The van der Waals surface area contributed by atoms with Gasteiger partial charge in [-0.05, 0) is 108 Å². The Kier molecular flexibility index (Phi) is 9.48. The van der Waals surface area contributed by atoms with E-state index in [1.54, 1.807) is 31.3 Å². The molecule has 4 aromatic carbocycles. The molecule has 2 heterocycles. The quantitative estimate of drug-likeness (QED) is 0.172. The van der Waals surface area contributed by atoms with Crippen LogP contribution in [0.2, 0.25) is 5.02 Å². The molecule has 0 aliphatic carbocycles. The average Bonchev–Trinajstić information content (AvgIpc) is 3.66. The molecule has 51 heavy (non-hydrogen) atoms. The maximum absolute atomic E-state index is 15.4. The number of carbonyl (C=O) groups is 4. The number of hydrogen-bond donors (Lipinski definition) is 3. The fourth-order valence-electron chi connectivity index (χ4n) is 6.29. The molecule has 3 N–H and O–H groups in total. The second kappa shape index (κ2) is 14.0. The molecule has 6 rings (SSSR count). The molecule has 258 valence electrons. The van der Waals surface area contributed by atoms with Crippen LogP contribution in [0.5, 0.6) is 0 Å². The van der Waals surface area contributed by atoms with Gasteiger partial charge in [-0.25, -0.2) is 9.18 Å². The number of halogens is 2. The van der Waals surface area contributed by atoms with Crippen LogP contribution >= 0.6 is 11.6 Å². The first-order chi connectivity index (χ1) is 24.4. The first-order valence-electron chi connectivity index (χ1n) is 15.7. The molecular formula is C37H31ClFN7O5. The van der Waals surface area contributed by atoms with Crippen molar-refractivity contribution in [1.82, 2.24) is 30.4 Å². The molecule has 0 saturated carbocycles. The predicted octanol–water partition coefficient (Wildman–Crippen LogP) is 5.74. The summed E-state index contributed by atoms with van der Waals surface area (Å²) in [6.45, 7) is 3.67. The Morgan fingerprint density at radius 1 is 0.980 bits per heavy atom. The summed E-state index contributed by atoms with van der Waals surface area (Å²) in [6.07, 6.45) is 4.07. The lowest BCUT2D eigenvalue weighted by molar-refractivity contribution is -0.142. The monoisotopic (exact) mass is 707 g/mol. The highest BCUT2D eigenvalue weighted by molar-refractivity contribution is 6.31. The zero-order chi connectivity index (χ0) is 36.4. The summed E-state index contributed by atoms with van der Waals surface area (Å²) in [5.74, 6) is -3.27. The number of nitrogens with zero attached hydrogens (tertiary/aromatic N) is 5. The highest BCUT2D eigenvalue weighted by Gasteiger charge is 2.46. The van der Waals surface area contributed by atoms with Gasteiger partial charge in [-0.1, -0.05) is 41.9 Å². The SMILES string of the molecule is CNC(=O)c1ccc(-c2cccc3c2CC(C)(C)N(C(=O)/C=C/c2c(-n4cnnn4)ccc(Cl)c2F)C3C(=O)Nc2ccc(C(=O)O)cc2)cc1. The number of nitrogens with one attached hydrogen (secondary N) is 2. The minimum absolute atomic E-state index is 0.0413. The summed E-state index contributed by atoms with van der Waals surface area (Å²) in [4.78, 5) is 53.7. The highest BCUT2D eigenvalue weighted by atomic mass is 35.5. The number of anilines is 1. The van der Waals surface area contributed by atoms with E-state index in [-0.39, 0.29) is 27.7 Å². The Morgan fingerprint density at radius 2 is 1.69 bits per heavy atom. The van der Waals surface area contributed by atoms with Crippen LogP contribution in [0.4, 0.5) is 10.1 Å². The summed E-state index contributed by atoms with van der Waals surface area (Å²) in [6, 6.07) is 19.9. The highest BCUT2D eigenvalue weighted by Crippen LogP contribution is 2.43. The summed E-state index contributed by atoms with van der Waals surface area (Å²) in [5.41, 5.74) is 3.10. The lowest BCUT2D eigenvalue weighted by Crippen LogP contribution is -2.56. The molecule has 0 radical (unpaired) electrons. The van der Waals surface area contributed by atoms with Crippen molar-refractivity contribution in [3.8, 4) is 16.8 Å². The first-order valence-corrected chi connectivity index (χ1v) is 16.1. The maximum atomic E-state index is 15.4. The fourth-order valence-corrected chi connectivity index (χ4v) is 6.46. The molecular weight excluding hydrogens is 677 g/mol. The molecule has 1 atom stereocenters. The van der Waals surface area contributed by atoms with Crippen LogP contribution in [-0.4, -0.2) is 66.5 Å². The van der Waals surface area contributed by atoms with Gasteiger partial charge >= 0.3 is 5.97 Å². The molecule has 0 spiro atoms. The van der Waals surface area contributed by atoms with Gasteiger partial charge in [0.05, 0.1) is 16.3 Å². The number of aromatic carboxylic acids is 1. The number of fused-ring (bicyclic) bond motifs is 1. The number of tetrazole rings is 1. The van der Waals surface area contributed by atoms with Crippen molar-refractivity contribution in [1.29, 1.82) is 0 Å². The number of carbonyl (C=O) groups excluding carboxylic acids is 3. The zero-order valence-electron chi connectivity index (χ0n) is 27.6. The summed E-state index contributed by atoms with van der Waals surface area (Å²) in [5, 5.41) is 25.7. The van der Waals surface area contributed by atoms with Gasteiger partial charge in [0.15, 0.2) is 5.82 Å². The Morgan fingerprint density at radius 3 is 2.33 bits per heavy atom. The lowest BCUT2D eigenvalue weighted by Gasteiger charge is -2.48. The molecule has 14 heteroatoms. The van der Waals surface area contributed by atoms with Gasteiger partial charge < -0.3 is 20.6 Å². The smallest absolute Gasteiger partial charge is 0.335 e. The Hall–Kier alpha value is -6.21. The van der Waals surface area contributed by atoms with Gasteiger partial charge in [-0.3, -0.25) is 14.4 Å². The largest absolute Gasteiger partial charge is 0.478 e. The average molecular weight is 708 g/mol. The second-order valence-corrected chi connectivity index (χ2v) is 12.8. The van der Waals surface area contributed by atoms with Crippen molar-refractivity contribution in [2.75, 3.05) is 12.4 Å². The number of amides is 3. The maximum Gasteiger partial charge on any atom is 0.335 e. The van der Waals surface area contributed by atoms with Crippen molar-refractivity contribution in [3.05, 3.63) is 130 Å². The van der Waals surface area contributed by atoms with Crippen molar-refractivity contribution in [3.63, 3.8) is 0 Å². The third-order valence-electron chi connectivity index (χ3n) is 8.69. The number of aromatic nitrogens is 4. The molecule has 5 aromatic rings. The van der Waals surface area contributed by atoms with Crippen LogP contribution in [0, 0.1) is 5.82 Å². The molecule has 1 aliphatic rings. The zero-order valence-corrected chi connectivity index (χ0v) is 28.4. The third-order valence-corrected chi connectivity index (χ3v) is 8.99. The van der Waals surface area contributed by atoms with E-state index in [4.69, 9.17) is 11.6 Å². The van der Waals surface area contributed by atoms with E-state index in [2.05, 4.69) is 26.2 Å². The van der Waals surface area contributed by atoms with Gasteiger partial charge in [0, 0.05) is 35.5 Å². The van der Waals surface area contributed by atoms with E-state index >= 15 is 4.39 Å². The summed E-state index contributed by atoms with van der Waals surface area (Å²) in [7, 11) is 1.55. The van der Waals surface area contributed by atoms with Gasteiger partial charge in [-0.2, -0.15) is 4.68 Å². The van der Waals surface area contributed by atoms with E-state index in [1.807, 2.05) is 32.0 Å². The van der Waals surface area contributed by atoms with Crippen molar-refractivity contribution >= 4 is 47.1 Å². The van der Waals surface area contributed by atoms with E-state index < -0.39 is 35.2 Å². The fraction of sp³-hybridized carbons (Fsp3) is 0.162. The van der Waals surface area contributed by atoms with Gasteiger partial charge in [0.1, 0.15) is 12.4 Å². The Labute approximate surface area is 296 Å². The Bertz CT molecular complexity index is 2190. The normalized spacial score (nSPS) is 14.9. The topological polar surface area (TPSA) is 159 Å². The molecule has 1 aromatic heterocycles. The van der Waals surface area contributed by atoms with Crippen LogP contribution in [0.1, 0.15) is 57.3 Å². The molecule has 0 fully saturated rings. The van der Waals surface area contributed by atoms with Crippen LogP contribution < -0.4 is 10.6 Å². The first kappa shape index (κ1) is 34.6. The van der Waals surface area contributed by atoms with Crippen LogP contribution in [0.15, 0.2) is 91.3 Å². The third kappa shape index (κ3) is 6.83. The van der Waals surface area contributed by atoms with E-state index in [1.165, 1.54) is 64.5 Å². The van der Waals surface area contributed by atoms with Gasteiger partial charge in [0.25, 0.3) is 11.8 Å². The van der Waals surface area contributed by atoms with E-state index in [0.29, 0.717) is 23.2 Å². The van der Waals surface area contributed by atoms with Gasteiger partial charge in [0.2, 0.25) is 5.91 Å². The Balaban J connectivity index is 1.44. The van der Waals surface area contributed by atoms with Crippen molar-refractivity contribution < 1.29 is 28.7 Å². The molecule has 1 unspecified atom stereocenters. The van der Waals surface area contributed by atoms with Crippen molar-refractivity contribution in [2.24, 2.45) is 0 Å². The second-order valence-electron chi connectivity index (χ2n) is 12.4. The van der Waals surface area contributed by atoms with Crippen LogP contribution in [-0.2, 0) is 16.0 Å². The predicted molar refractivity (Wildman–Crippen MR) is 188 cm³/mol. The number of carboxylic acids is 1. The van der Waals surface area contributed by atoms with Gasteiger partial charge in [-0.15, -0.1) is 5.10 Å².